The summed E-state index contributed by atoms with van der Waals surface area (Å²) in [6, 6.07) is 19.1. The van der Waals surface area contributed by atoms with Crippen LogP contribution in [0.1, 0.15) is 11.4 Å². The molecule has 0 unspecified atom stereocenters. The van der Waals surface area contributed by atoms with Crippen molar-refractivity contribution in [1.82, 2.24) is 24.6 Å². The average Bonchev–Trinajstić information content (AvgIpc) is 3.12. The van der Waals surface area contributed by atoms with Gasteiger partial charge < -0.3 is 4.57 Å². The number of hydrogen-bond acceptors (Lipinski definition) is 4. The van der Waals surface area contributed by atoms with E-state index in [2.05, 4.69) is 67.1 Å². The summed E-state index contributed by atoms with van der Waals surface area (Å²) in [6.07, 6.45) is 3.60. The highest BCUT2D eigenvalue weighted by Gasteiger charge is 2.22. The Morgan fingerprint density at radius 1 is 0.846 bits per heavy atom. The molecule has 0 spiro atoms. The van der Waals surface area contributed by atoms with Crippen LogP contribution in [-0.2, 0) is 19.6 Å². The van der Waals surface area contributed by atoms with Crippen LogP contribution in [0.25, 0.3) is 22.2 Å². The van der Waals surface area contributed by atoms with Gasteiger partial charge >= 0.3 is 0 Å². The quantitative estimate of drug-likeness (QED) is 0.572. The van der Waals surface area contributed by atoms with E-state index in [1.165, 1.54) is 16.3 Å². The van der Waals surface area contributed by atoms with Crippen LogP contribution < -0.4 is 0 Å². The zero-order valence-electron chi connectivity index (χ0n) is 14.4. The van der Waals surface area contributed by atoms with Gasteiger partial charge in [0, 0.05) is 37.6 Å². The SMILES string of the molecule is c1ccc2c(CN3CCn4c(nnc4-c4ccncc4)C3)cccc2c1. The Hall–Kier alpha value is -3.05. The van der Waals surface area contributed by atoms with Gasteiger partial charge in [-0.15, -0.1) is 10.2 Å². The number of aromatic nitrogens is 4. The second-order valence-corrected chi connectivity index (χ2v) is 6.68. The number of hydrogen-bond donors (Lipinski definition) is 0. The van der Waals surface area contributed by atoms with Crippen molar-refractivity contribution in [2.45, 2.75) is 19.6 Å². The molecule has 26 heavy (non-hydrogen) atoms. The maximum absolute atomic E-state index is 4.44. The molecule has 2 aromatic heterocycles. The van der Waals surface area contributed by atoms with Gasteiger partial charge in [0.25, 0.3) is 0 Å². The first-order chi connectivity index (χ1) is 12.9. The minimum Gasteiger partial charge on any atom is -0.309 e. The molecule has 0 N–H and O–H groups in total. The number of nitrogens with zero attached hydrogens (tertiary/aromatic N) is 5. The molecule has 5 heteroatoms. The van der Waals surface area contributed by atoms with E-state index in [0.717, 1.165) is 43.4 Å². The van der Waals surface area contributed by atoms with Crippen LogP contribution in [0.3, 0.4) is 0 Å². The van der Waals surface area contributed by atoms with Gasteiger partial charge in [-0.05, 0) is 28.5 Å². The number of rotatable bonds is 3. The molecular weight excluding hydrogens is 322 g/mol. The molecule has 0 aliphatic carbocycles. The normalized spacial score (nSPS) is 14.5. The van der Waals surface area contributed by atoms with E-state index < -0.39 is 0 Å². The molecule has 0 bridgehead atoms. The van der Waals surface area contributed by atoms with Gasteiger partial charge in [0.2, 0.25) is 0 Å². The van der Waals surface area contributed by atoms with Gasteiger partial charge in [-0.25, -0.2) is 0 Å². The molecule has 0 radical (unpaired) electrons. The first-order valence-electron chi connectivity index (χ1n) is 8.90. The largest absolute Gasteiger partial charge is 0.309 e. The predicted molar refractivity (Wildman–Crippen MR) is 101 cm³/mol. The fraction of sp³-hybridized carbons (Fsp3) is 0.190. The molecule has 3 heterocycles. The summed E-state index contributed by atoms with van der Waals surface area (Å²) in [6.45, 7) is 3.65. The van der Waals surface area contributed by atoms with E-state index in [1.54, 1.807) is 12.4 Å². The molecule has 1 aliphatic heterocycles. The van der Waals surface area contributed by atoms with E-state index >= 15 is 0 Å². The summed E-state index contributed by atoms with van der Waals surface area (Å²) in [4.78, 5) is 6.53. The Balaban J connectivity index is 1.41. The van der Waals surface area contributed by atoms with Crippen LogP contribution in [0.5, 0.6) is 0 Å². The van der Waals surface area contributed by atoms with Gasteiger partial charge in [-0.3, -0.25) is 9.88 Å². The van der Waals surface area contributed by atoms with Crippen LogP contribution in [0, 0.1) is 0 Å². The Morgan fingerprint density at radius 3 is 2.62 bits per heavy atom. The van der Waals surface area contributed by atoms with Crippen LogP contribution >= 0.6 is 0 Å². The van der Waals surface area contributed by atoms with Crippen molar-refractivity contribution in [2.75, 3.05) is 6.54 Å². The molecule has 0 saturated heterocycles. The monoisotopic (exact) mass is 341 g/mol. The third kappa shape index (κ3) is 2.66. The van der Waals surface area contributed by atoms with Gasteiger partial charge in [-0.2, -0.15) is 0 Å². The van der Waals surface area contributed by atoms with Gasteiger partial charge in [-0.1, -0.05) is 42.5 Å². The first kappa shape index (κ1) is 15.2. The smallest absolute Gasteiger partial charge is 0.164 e. The van der Waals surface area contributed by atoms with Crippen molar-refractivity contribution in [3.05, 3.63) is 78.4 Å². The van der Waals surface area contributed by atoms with E-state index in [1.807, 2.05) is 12.1 Å². The van der Waals surface area contributed by atoms with E-state index in [4.69, 9.17) is 0 Å². The number of benzene rings is 2. The zero-order chi connectivity index (χ0) is 17.3. The Morgan fingerprint density at radius 2 is 1.69 bits per heavy atom. The number of fused-ring (bicyclic) bond motifs is 2. The lowest BCUT2D eigenvalue weighted by Gasteiger charge is -2.28. The van der Waals surface area contributed by atoms with Crippen LogP contribution in [0.2, 0.25) is 0 Å². The van der Waals surface area contributed by atoms with Crippen molar-refractivity contribution in [3.8, 4) is 11.4 Å². The standard InChI is InChI=1S/C21H19N5/c1-2-7-19-16(4-1)5-3-6-18(19)14-25-12-13-26-20(15-25)23-24-21(26)17-8-10-22-11-9-17/h1-11H,12-15H2. The van der Waals surface area contributed by atoms with E-state index in [-0.39, 0.29) is 0 Å². The van der Waals surface area contributed by atoms with Crippen molar-refractivity contribution in [3.63, 3.8) is 0 Å². The van der Waals surface area contributed by atoms with E-state index in [0.29, 0.717) is 0 Å². The molecule has 1 aliphatic rings. The molecular formula is C21H19N5. The molecule has 0 atom stereocenters. The molecule has 2 aromatic carbocycles. The summed E-state index contributed by atoms with van der Waals surface area (Å²) in [5.41, 5.74) is 2.44. The average molecular weight is 341 g/mol. The van der Waals surface area contributed by atoms with Crippen molar-refractivity contribution in [2.24, 2.45) is 0 Å². The molecule has 128 valence electrons. The maximum Gasteiger partial charge on any atom is 0.164 e. The molecule has 5 rings (SSSR count). The lowest BCUT2D eigenvalue weighted by atomic mass is 10.0. The molecule has 5 nitrogen and oxygen atoms in total. The molecule has 4 aromatic rings. The maximum atomic E-state index is 4.44. The second-order valence-electron chi connectivity index (χ2n) is 6.68. The van der Waals surface area contributed by atoms with Crippen LogP contribution in [-0.4, -0.2) is 31.2 Å². The predicted octanol–water partition coefficient (Wildman–Crippen LogP) is 3.51. The van der Waals surface area contributed by atoms with Crippen molar-refractivity contribution in [1.29, 1.82) is 0 Å². The van der Waals surface area contributed by atoms with Crippen molar-refractivity contribution >= 4 is 10.8 Å². The van der Waals surface area contributed by atoms with Crippen LogP contribution in [0.15, 0.2) is 67.0 Å². The Labute approximate surface area is 151 Å². The highest BCUT2D eigenvalue weighted by molar-refractivity contribution is 5.85. The Kier molecular flexibility index (Phi) is 3.72. The highest BCUT2D eigenvalue weighted by atomic mass is 15.3. The topological polar surface area (TPSA) is 46.8 Å². The van der Waals surface area contributed by atoms with Crippen LogP contribution in [0.4, 0.5) is 0 Å². The van der Waals surface area contributed by atoms with Gasteiger partial charge in [0.15, 0.2) is 5.82 Å². The minimum absolute atomic E-state index is 0.821. The highest BCUT2D eigenvalue weighted by Crippen LogP contribution is 2.24. The summed E-state index contributed by atoms with van der Waals surface area (Å²) in [5.74, 6) is 1.97. The lowest BCUT2D eigenvalue weighted by molar-refractivity contribution is 0.210. The zero-order valence-corrected chi connectivity index (χ0v) is 14.4. The molecule has 0 saturated carbocycles. The third-order valence-corrected chi connectivity index (χ3v) is 5.04. The minimum atomic E-state index is 0.821. The summed E-state index contributed by atoms with van der Waals surface area (Å²) >= 11 is 0. The Bertz CT molecular complexity index is 1050. The second kappa shape index (κ2) is 6.35. The summed E-state index contributed by atoms with van der Waals surface area (Å²) in [5, 5.41) is 11.5. The fourth-order valence-corrected chi connectivity index (χ4v) is 3.73. The fourth-order valence-electron chi connectivity index (χ4n) is 3.73. The summed E-state index contributed by atoms with van der Waals surface area (Å²) in [7, 11) is 0. The van der Waals surface area contributed by atoms with Gasteiger partial charge in [0.05, 0.1) is 6.54 Å². The van der Waals surface area contributed by atoms with E-state index in [9.17, 15) is 0 Å². The molecule has 0 fully saturated rings. The number of pyridine rings is 1. The first-order valence-corrected chi connectivity index (χ1v) is 8.90. The lowest BCUT2D eigenvalue weighted by Crippen LogP contribution is -2.33. The molecule has 0 amide bonds. The van der Waals surface area contributed by atoms with Crippen molar-refractivity contribution < 1.29 is 0 Å². The summed E-state index contributed by atoms with van der Waals surface area (Å²) < 4.78 is 2.23. The third-order valence-electron chi connectivity index (χ3n) is 5.04. The van der Waals surface area contributed by atoms with Gasteiger partial charge in [0.1, 0.15) is 5.82 Å².